The standard InChI is InChI=1S/C24H32N2O5/c1-28-18-8-9-19(22(15-18)30-3)20-6-5-13-26(20)16-24(27)25-12-11-17-7-10-21(29-2)23(14-17)31-4/h7-10,14-15,20H,5-6,11-13,16H2,1-4H3,(H,25,27)/t20-/m0/s1. The lowest BCUT2D eigenvalue weighted by atomic mass is 10.0. The first kappa shape index (κ1) is 22.7. The summed E-state index contributed by atoms with van der Waals surface area (Å²) < 4.78 is 21.5. The maximum Gasteiger partial charge on any atom is 0.234 e. The van der Waals surface area contributed by atoms with E-state index in [4.69, 9.17) is 18.9 Å². The molecule has 1 aliphatic rings. The van der Waals surface area contributed by atoms with Crippen molar-refractivity contribution in [2.45, 2.75) is 25.3 Å². The first-order valence-electron chi connectivity index (χ1n) is 10.5. The van der Waals surface area contributed by atoms with E-state index in [1.807, 2.05) is 36.4 Å². The SMILES string of the molecule is COc1ccc([C@@H]2CCCN2CC(=O)NCCc2ccc(OC)c(OC)c2)c(OC)c1. The number of nitrogens with one attached hydrogen (secondary N) is 1. The molecule has 168 valence electrons. The highest BCUT2D eigenvalue weighted by molar-refractivity contribution is 5.78. The summed E-state index contributed by atoms with van der Waals surface area (Å²) in [6, 6.07) is 11.9. The van der Waals surface area contributed by atoms with Gasteiger partial charge in [0.1, 0.15) is 11.5 Å². The summed E-state index contributed by atoms with van der Waals surface area (Å²) in [6.07, 6.45) is 2.78. The Hall–Kier alpha value is -2.93. The largest absolute Gasteiger partial charge is 0.497 e. The van der Waals surface area contributed by atoms with Crippen molar-refractivity contribution in [3.05, 3.63) is 47.5 Å². The quantitative estimate of drug-likeness (QED) is 0.627. The summed E-state index contributed by atoms with van der Waals surface area (Å²) >= 11 is 0. The van der Waals surface area contributed by atoms with Gasteiger partial charge in [-0.1, -0.05) is 12.1 Å². The third-order valence-electron chi connectivity index (χ3n) is 5.69. The summed E-state index contributed by atoms with van der Waals surface area (Å²) in [7, 11) is 6.54. The number of hydrogen-bond acceptors (Lipinski definition) is 6. The van der Waals surface area contributed by atoms with Crippen LogP contribution >= 0.6 is 0 Å². The van der Waals surface area contributed by atoms with Crippen LogP contribution in [0, 0.1) is 0 Å². The Morgan fingerprint density at radius 3 is 2.45 bits per heavy atom. The van der Waals surface area contributed by atoms with Crippen molar-refractivity contribution in [3.63, 3.8) is 0 Å². The van der Waals surface area contributed by atoms with Crippen LogP contribution in [0.1, 0.15) is 30.0 Å². The normalized spacial score (nSPS) is 16.1. The van der Waals surface area contributed by atoms with Crippen molar-refractivity contribution in [1.82, 2.24) is 10.2 Å². The molecule has 7 heteroatoms. The van der Waals surface area contributed by atoms with Gasteiger partial charge in [0.2, 0.25) is 5.91 Å². The van der Waals surface area contributed by atoms with Crippen LogP contribution in [0.15, 0.2) is 36.4 Å². The van der Waals surface area contributed by atoms with E-state index in [1.165, 1.54) is 0 Å². The van der Waals surface area contributed by atoms with Gasteiger partial charge in [-0.3, -0.25) is 9.69 Å². The molecule has 1 heterocycles. The second kappa shape index (κ2) is 10.9. The zero-order chi connectivity index (χ0) is 22.2. The van der Waals surface area contributed by atoms with E-state index >= 15 is 0 Å². The molecule has 3 rings (SSSR count). The highest BCUT2D eigenvalue weighted by Gasteiger charge is 2.29. The number of nitrogens with zero attached hydrogens (tertiary/aromatic N) is 1. The van der Waals surface area contributed by atoms with Crippen LogP contribution in [-0.4, -0.2) is 58.9 Å². The van der Waals surface area contributed by atoms with E-state index in [1.54, 1.807) is 28.4 Å². The average Bonchev–Trinajstić information content (AvgIpc) is 3.25. The maximum atomic E-state index is 12.6. The van der Waals surface area contributed by atoms with Crippen LogP contribution in [0.4, 0.5) is 0 Å². The Morgan fingerprint density at radius 2 is 1.74 bits per heavy atom. The molecule has 0 radical (unpaired) electrons. The van der Waals surface area contributed by atoms with Gasteiger partial charge in [-0.15, -0.1) is 0 Å². The predicted octanol–water partition coefficient (Wildman–Crippen LogP) is 3.22. The number of rotatable bonds is 10. The second-order valence-corrected chi connectivity index (χ2v) is 7.53. The summed E-state index contributed by atoms with van der Waals surface area (Å²) in [5.74, 6) is 2.98. The van der Waals surface area contributed by atoms with E-state index in [9.17, 15) is 4.79 Å². The lowest BCUT2D eigenvalue weighted by Gasteiger charge is -2.26. The average molecular weight is 429 g/mol. The monoisotopic (exact) mass is 428 g/mol. The van der Waals surface area contributed by atoms with Crippen LogP contribution in [0.5, 0.6) is 23.0 Å². The first-order valence-corrected chi connectivity index (χ1v) is 10.5. The minimum Gasteiger partial charge on any atom is -0.497 e. The summed E-state index contributed by atoms with van der Waals surface area (Å²) in [5, 5.41) is 3.04. The molecule has 1 fully saturated rings. The van der Waals surface area contributed by atoms with Gasteiger partial charge in [0.05, 0.1) is 35.0 Å². The summed E-state index contributed by atoms with van der Waals surface area (Å²) in [5.41, 5.74) is 2.18. The number of carbonyl (C=O) groups excluding carboxylic acids is 1. The van der Waals surface area contributed by atoms with Crippen LogP contribution in [-0.2, 0) is 11.2 Å². The fourth-order valence-corrected chi connectivity index (χ4v) is 4.08. The molecule has 0 bridgehead atoms. The number of likely N-dealkylation sites (tertiary alicyclic amines) is 1. The fourth-order valence-electron chi connectivity index (χ4n) is 4.08. The lowest BCUT2D eigenvalue weighted by molar-refractivity contribution is -0.122. The minimum absolute atomic E-state index is 0.0276. The number of hydrogen-bond donors (Lipinski definition) is 1. The van der Waals surface area contributed by atoms with Crippen molar-refractivity contribution in [3.8, 4) is 23.0 Å². The molecule has 1 atom stereocenters. The van der Waals surface area contributed by atoms with Gasteiger partial charge in [0.25, 0.3) is 0 Å². The van der Waals surface area contributed by atoms with Crippen molar-refractivity contribution in [1.29, 1.82) is 0 Å². The molecule has 0 saturated carbocycles. The van der Waals surface area contributed by atoms with Crippen molar-refractivity contribution in [2.24, 2.45) is 0 Å². The molecule has 1 amide bonds. The van der Waals surface area contributed by atoms with Crippen LogP contribution in [0.2, 0.25) is 0 Å². The number of amides is 1. The van der Waals surface area contributed by atoms with Gasteiger partial charge in [0.15, 0.2) is 11.5 Å². The maximum absolute atomic E-state index is 12.6. The van der Waals surface area contributed by atoms with Crippen molar-refractivity contribution in [2.75, 3.05) is 48.1 Å². The van der Waals surface area contributed by atoms with Gasteiger partial charge >= 0.3 is 0 Å². The molecule has 0 spiro atoms. The van der Waals surface area contributed by atoms with Crippen LogP contribution in [0.25, 0.3) is 0 Å². The Kier molecular flexibility index (Phi) is 8.00. The molecular formula is C24H32N2O5. The van der Waals surface area contributed by atoms with Gasteiger partial charge in [-0.25, -0.2) is 0 Å². The molecule has 31 heavy (non-hydrogen) atoms. The molecule has 7 nitrogen and oxygen atoms in total. The molecule has 0 aliphatic carbocycles. The molecule has 1 saturated heterocycles. The van der Waals surface area contributed by atoms with E-state index in [-0.39, 0.29) is 11.9 Å². The van der Waals surface area contributed by atoms with Gasteiger partial charge in [-0.2, -0.15) is 0 Å². The zero-order valence-corrected chi connectivity index (χ0v) is 18.8. The van der Waals surface area contributed by atoms with Crippen LogP contribution in [0.3, 0.4) is 0 Å². The molecule has 1 aliphatic heterocycles. The number of benzene rings is 2. The fraction of sp³-hybridized carbons (Fsp3) is 0.458. The van der Waals surface area contributed by atoms with Gasteiger partial charge in [0, 0.05) is 24.2 Å². The Labute approximate surface area is 184 Å². The summed E-state index contributed by atoms with van der Waals surface area (Å²) in [6.45, 7) is 1.83. The molecule has 0 unspecified atom stereocenters. The zero-order valence-electron chi connectivity index (χ0n) is 18.8. The van der Waals surface area contributed by atoms with Gasteiger partial charge in [-0.05, 0) is 49.6 Å². The Morgan fingerprint density at radius 1 is 0.968 bits per heavy atom. The lowest BCUT2D eigenvalue weighted by Crippen LogP contribution is -2.37. The Balaban J connectivity index is 1.55. The highest BCUT2D eigenvalue weighted by atomic mass is 16.5. The minimum atomic E-state index is 0.0276. The third kappa shape index (κ3) is 5.61. The van der Waals surface area contributed by atoms with E-state index in [2.05, 4.69) is 10.2 Å². The number of carbonyl (C=O) groups is 1. The second-order valence-electron chi connectivity index (χ2n) is 7.53. The topological polar surface area (TPSA) is 69.3 Å². The van der Waals surface area contributed by atoms with Gasteiger partial charge < -0.3 is 24.3 Å². The first-order chi connectivity index (χ1) is 15.1. The number of methoxy groups -OCH3 is 4. The van der Waals surface area contributed by atoms with E-state index in [0.717, 1.165) is 48.4 Å². The van der Waals surface area contributed by atoms with Crippen molar-refractivity contribution < 1.29 is 23.7 Å². The molecule has 0 aromatic heterocycles. The number of ether oxygens (including phenoxy) is 4. The highest BCUT2D eigenvalue weighted by Crippen LogP contribution is 2.38. The molecule has 1 N–H and O–H groups in total. The van der Waals surface area contributed by atoms with E-state index in [0.29, 0.717) is 24.6 Å². The predicted molar refractivity (Wildman–Crippen MR) is 119 cm³/mol. The van der Waals surface area contributed by atoms with E-state index < -0.39 is 0 Å². The Bertz CT molecular complexity index is 886. The molecular weight excluding hydrogens is 396 g/mol. The third-order valence-corrected chi connectivity index (χ3v) is 5.69. The van der Waals surface area contributed by atoms with Crippen LogP contribution < -0.4 is 24.3 Å². The summed E-state index contributed by atoms with van der Waals surface area (Å²) in [4.78, 5) is 14.8. The molecule has 2 aromatic rings. The smallest absolute Gasteiger partial charge is 0.234 e. The van der Waals surface area contributed by atoms with Crippen molar-refractivity contribution >= 4 is 5.91 Å². The molecule has 2 aromatic carbocycles.